The van der Waals surface area contributed by atoms with E-state index in [0.717, 1.165) is 32.3 Å². The van der Waals surface area contributed by atoms with Crippen molar-refractivity contribution in [3.8, 4) is 0 Å². The second kappa shape index (κ2) is 8.36. The maximum absolute atomic E-state index is 13.4. The summed E-state index contributed by atoms with van der Waals surface area (Å²) in [5, 5.41) is 6.28. The SMILES string of the molecule is CC1=C(C(=O)Nc2ccc(Br)cn2)C(c2ccc(Br)cc2)C2=C(CC(C)(C)CC2=O)N1. The first kappa shape index (κ1) is 22.0. The number of allylic oxidation sites excluding steroid dienone is 3. The molecule has 2 aliphatic rings. The number of ketones is 1. The van der Waals surface area contributed by atoms with Gasteiger partial charge >= 0.3 is 0 Å². The third-order valence-corrected chi connectivity index (χ3v) is 6.65. The van der Waals surface area contributed by atoms with Crippen LogP contribution in [0.4, 0.5) is 5.82 Å². The van der Waals surface area contributed by atoms with E-state index >= 15 is 0 Å². The Morgan fingerprint density at radius 2 is 1.77 bits per heavy atom. The molecule has 1 aliphatic heterocycles. The lowest BCUT2D eigenvalue weighted by molar-refractivity contribution is -0.118. The number of dihydropyridines is 1. The van der Waals surface area contributed by atoms with Crippen molar-refractivity contribution in [3.05, 3.63) is 79.6 Å². The zero-order chi connectivity index (χ0) is 22.3. The minimum Gasteiger partial charge on any atom is -0.362 e. The van der Waals surface area contributed by atoms with E-state index in [4.69, 9.17) is 0 Å². The van der Waals surface area contributed by atoms with E-state index in [-0.39, 0.29) is 17.1 Å². The van der Waals surface area contributed by atoms with E-state index in [9.17, 15) is 9.59 Å². The van der Waals surface area contributed by atoms with Gasteiger partial charge in [0.2, 0.25) is 0 Å². The smallest absolute Gasteiger partial charge is 0.255 e. The normalized spacial score (nSPS) is 20.3. The predicted molar refractivity (Wildman–Crippen MR) is 128 cm³/mol. The van der Waals surface area contributed by atoms with Crippen LogP contribution in [0.5, 0.6) is 0 Å². The molecule has 1 aromatic carbocycles. The second-order valence-electron chi connectivity index (χ2n) is 8.80. The lowest BCUT2D eigenvalue weighted by Crippen LogP contribution is -2.39. The second-order valence-corrected chi connectivity index (χ2v) is 10.6. The first-order chi connectivity index (χ1) is 14.6. The Bertz CT molecular complexity index is 1120. The fraction of sp³-hybridized carbons (Fsp3) is 0.292. The zero-order valence-electron chi connectivity index (χ0n) is 17.6. The monoisotopic (exact) mass is 543 g/mol. The fourth-order valence-corrected chi connectivity index (χ4v) is 4.86. The summed E-state index contributed by atoms with van der Waals surface area (Å²) in [4.78, 5) is 31.0. The standard InChI is InChI=1S/C24H23Br2N3O2/c1-13-20(23(31)29-19-9-8-16(26)12-27-19)21(14-4-6-15(25)7-5-14)22-17(28-13)10-24(2,3)11-18(22)30/h4-9,12,21,28H,10-11H2,1-3H3,(H,27,29,31). The number of anilines is 1. The highest BCUT2D eigenvalue weighted by Gasteiger charge is 2.42. The largest absolute Gasteiger partial charge is 0.362 e. The van der Waals surface area contributed by atoms with Crippen LogP contribution in [0.3, 0.4) is 0 Å². The van der Waals surface area contributed by atoms with Gasteiger partial charge < -0.3 is 10.6 Å². The number of benzene rings is 1. The predicted octanol–water partition coefficient (Wildman–Crippen LogP) is 5.85. The van der Waals surface area contributed by atoms with Gasteiger partial charge in [0, 0.05) is 50.0 Å². The Balaban J connectivity index is 1.79. The highest BCUT2D eigenvalue weighted by atomic mass is 79.9. The first-order valence-electron chi connectivity index (χ1n) is 10.1. The third-order valence-electron chi connectivity index (χ3n) is 5.66. The van der Waals surface area contributed by atoms with Crippen LogP contribution >= 0.6 is 31.9 Å². The average molecular weight is 545 g/mol. The lowest BCUT2D eigenvalue weighted by atomic mass is 9.68. The molecule has 1 aliphatic carbocycles. The number of Topliss-reactive ketones (excluding diaryl/α,β-unsaturated/α-hetero) is 1. The van der Waals surface area contributed by atoms with Gasteiger partial charge in [0.15, 0.2) is 5.78 Å². The highest BCUT2D eigenvalue weighted by molar-refractivity contribution is 9.10. The lowest BCUT2D eigenvalue weighted by Gasteiger charge is -2.39. The fourth-order valence-electron chi connectivity index (χ4n) is 4.36. The van der Waals surface area contributed by atoms with Crippen molar-refractivity contribution in [2.24, 2.45) is 5.41 Å². The van der Waals surface area contributed by atoms with Crippen molar-refractivity contribution in [3.63, 3.8) is 0 Å². The molecule has 2 heterocycles. The van der Waals surface area contributed by atoms with Crippen LogP contribution in [-0.4, -0.2) is 16.7 Å². The van der Waals surface area contributed by atoms with Crippen LogP contribution in [-0.2, 0) is 9.59 Å². The summed E-state index contributed by atoms with van der Waals surface area (Å²) in [7, 11) is 0. The maximum Gasteiger partial charge on any atom is 0.255 e. The number of rotatable bonds is 3. The van der Waals surface area contributed by atoms with E-state index in [2.05, 4.69) is 61.3 Å². The first-order valence-corrected chi connectivity index (χ1v) is 11.7. The minimum atomic E-state index is -0.427. The number of hydrogen-bond donors (Lipinski definition) is 2. The molecule has 0 fully saturated rings. The summed E-state index contributed by atoms with van der Waals surface area (Å²) in [6.45, 7) is 6.10. The van der Waals surface area contributed by atoms with Crippen molar-refractivity contribution in [1.29, 1.82) is 0 Å². The van der Waals surface area contributed by atoms with E-state index < -0.39 is 5.92 Å². The molecular weight excluding hydrogens is 522 g/mol. The number of pyridine rings is 1. The number of carbonyl (C=O) groups excluding carboxylic acids is 2. The summed E-state index contributed by atoms with van der Waals surface area (Å²) in [6.07, 6.45) is 2.86. The molecule has 5 nitrogen and oxygen atoms in total. The number of amides is 1. The molecule has 4 rings (SSSR count). The molecule has 0 bridgehead atoms. The van der Waals surface area contributed by atoms with Gasteiger partial charge in [0.25, 0.3) is 5.91 Å². The van der Waals surface area contributed by atoms with Crippen LogP contribution in [0, 0.1) is 5.41 Å². The molecular formula is C24H23Br2N3O2. The molecule has 0 radical (unpaired) electrons. The summed E-state index contributed by atoms with van der Waals surface area (Å²) in [5.41, 5.74) is 3.71. The van der Waals surface area contributed by atoms with Gasteiger partial charge in [-0.3, -0.25) is 9.59 Å². The molecule has 160 valence electrons. The molecule has 2 aromatic rings. The van der Waals surface area contributed by atoms with E-state index in [0.29, 0.717) is 23.4 Å². The van der Waals surface area contributed by atoms with Crippen molar-refractivity contribution >= 4 is 49.4 Å². The highest BCUT2D eigenvalue weighted by Crippen LogP contribution is 2.46. The van der Waals surface area contributed by atoms with Gasteiger partial charge in [0.1, 0.15) is 5.82 Å². The Hall–Kier alpha value is -2.25. The number of aromatic nitrogens is 1. The van der Waals surface area contributed by atoms with Crippen molar-refractivity contribution < 1.29 is 9.59 Å². The Morgan fingerprint density at radius 1 is 1.10 bits per heavy atom. The van der Waals surface area contributed by atoms with Crippen molar-refractivity contribution in [2.45, 2.75) is 39.5 Å². The third kappa shape index (κ3) is 4.53. The molecule has 0 saturated carbocycles. The Morgan fingerprint density at radius 3 is 2.42 bits per heavy atom. The van der Waals surface area contributed by atoms with Gasteiger partial charge in [-0.2, -0.15) is 0 Å². The van der Waals surface area contributed by atoms with Crippen LogP contribution in [0.1, 0.15) is 45.1 Å². The van der Waals surface area contributed by atoms with Gasteiger partial charge in [-0.25, -0.2) is 4.98 Å². The number of nitrogens with one attached hydrogen (secondary N) is 2. The van der Waals surface area contributed by atoms with E-state index in [1.165, 1.54) is 0 Å². The molecule has 1 aromatic heterocycles. The average Bonchev–Trinajstić information content (AvgIpc) is 2.68. The molecule has 2 N–H and O–H groups in total. The topological polar surface area (TPSA) is 71.1 Å². The zero-order valence-corrected chi connectivity index (χ0v) is 20.7. The van der Waals surface area contributed by atoms with Crippen LogP contribution < -0.4 is 10.6 Å². The maximum atomic E-state index is 13.4. The number of hydrogen-bond acceptors (Lipinski definition) is 4. The van der Waals surface area contributed by atoms with E-state index in [1.807, 2.05) is 37.3 Å². The molecule has 1 atom stereocenters. The van der Waals surface area contributed by atoms with Gasteiger partial charge in [-0.1, -0.05) is 41.9 Å². The minimum absolute atomic E-state index is 0.0891. The van der Waals surface area contributed by atoms with Gasteiger partial charge in [-0.05, 0) is 64.5 Å². The Labute approximate surface area is 198 Å². The number of nitrogens with zero attached hydrogens (tertiary/aromatic N) is 1. The van der Waals surface area contributed by atoms with Crippen molar-refractivity contribution in [1.82, 2.24) is 10.3 Å². The molecule has 31 heavy (non-hydrogen) atoms. The van der Waals surface area contributed by atoms with Gasteiger partial charge in [0.05, 0.1) is 0 Å². The van der Waals surface area contributed by atoms with E-state index in [1.54, 1.807) is 12.3 Å². The van der Waals surface area contributed by atoms with Crippen molar-refractivity contribution in [2.75, 3.05) is 5.32 Å². The number of halogens is 2. The molecule has 1 amide bonds. The van der Waals surface area contributed by atoms with Gasteiger partial charge in [-0.15, -0.1) is 0 Å². The summed E-state index contributed by atoms with van der Waals surface area (Å²) >= 11 is 6.83. The molecule has 0 saturated heterocycles. The van der Waals surface area contributed by atoms with Crippen LogP contribution in [0.15, 0.2) is 74.1 Å². The Kier molecular flexibility index (Phi) is 5.92. The molecule has 7 heteroatoms. The van der Waals surface area contributed by atoms with Crippen LogP contribution in [0.25, 0.3) is 0 Å². The molecule has 0 spiro atoms. The quantitative estimate of drug-likeness (QED) is 0.508. The van der Waals surface area contributed by atoms with Crippen LogP contribution in [0.2, 0.25) is 0 Å². The number of carbonyl (C=O) groups is 2. The molecule has 1 unspecified atom stereocenters. The summed E-state index contributed by atoms with van der Waals surface area (Å²) in [5.74, 6) is -0.148. The summed E-state index contributed by atoms with van der Waals surface area (Å²) in [6, 6.07) is 11.4. The summed E-state index contributed by atoms with van der Waals surface area (Å²) < 4.78 is 1.78.